The topological polar surface area (TPSA) is 60.6 Å². The predicted molar refractivity (Wildman–Crippen MR) is 98.9 cm³/mol. The monoisotopic (exact) mass is 359 g/mol. The summed E-state index contributed by atoms with van der Waals surface area (Å²) in [5.41, 5.74) is 1.42. The minimum atomic E-state index is 0.311. The number of likely N-dealkylation sites (tertiary alicyclic amines) is 1. The van der Waals surface area contributed by atoms with Crippen molar-refractivity contribution in [3.8, 4) is 0 Å². The highest BCUT2D eigenvalue weighted by molar-refractivity contribution is 5.14. The van der Waals surface area contributed by atoms with Gasteiger partial charge < -0.3 is 18.9 Å². The maximum Gasteiger partial charge on any atom is 0.252 e. The number of aryl methyl sites for hydroxylation is 1. The summed E-state index contributed by atoms with van der Waals surface area (Å²) in [6.45, 7) is 4.33. The number of ether oxygens (including phenoxy) is 2. The minimum Gasteiger partial charge on any atom is -0.376 e. The number of hydrogen-bond acceptors (Lipinski definition) is 6. The van der Waals surface area contributed by atoms with Gasteiger partial charge in [0, 0.05) is 20.1 Å². The van der Waals surface area contributed by atoms with Crippen molar-refractivity contribution in [3.05, 3.63) is 47.6 Å². The third kappa shape index (κ3) is 6.20. The van der Waals surface area contributed by atoms with Crippen LogP contribution in [0.5, 0.6) is 0 Å². The number of piperidine rings is 1. The van der Waals surface area contributed by atoms with Gasteiger partial charge in [0.1, 0.15) is 6.61 Å². The average molecular weight is 359 g/mol. The molecular weight excluding hydrogens is 330 g/mol. The lowest BCUT2D eigenvalue weighted by Crippen LogP contribution is -2.40. The van der Waals surface area contributed by atoms with Crippen LogP contribution in [0, 0.1) is 0 Å². The SMILES string of the molecule is COCc1nc(CCOC2CCCN(CCCc3ccccc3)C2)no1. The first-order valence-corrected chi connectivity index (χ1v) is 9.52. The van der Waals surface area contributed by atoms with Gasteiger partial charge in [0.05, 0.1) is 12.7 Å². The van der Waals surface area contributed by atoms with E-state index in [1.807, 2.05) is 0 Å². The first-order chi connectivity index (χ1) is 12.8. The summed E-state index contributed by atoms with van der Waals surface area (Å²) in [6.07, 6.45) is 5.67. The Kier molecular flexibility index (Phi) is 7.61. The molecule has 6 nitrogen and oxygen atoms in total. The third-order valence-electron chi connectivity index (χ3n) is 4.70. The van der Waals surface area contributed by atoms with E-state index in [1.54, 1.807) is 7.11 Å². The lowest BCUT2D eigenvalue weighted by atomic mass is 10.1. The van der Waals surface area contributed by atoms with Gasteiger partial charge in [-0.25, -0.2) is 0 Å². The molecule has 1 aromatic carbocycles. The van der Waals surface area contributed by atoms with Crippen molar-refractivity contribution < 1.29 is 14.0 Å². The molecule has 0 spiro atoms. The van der Waals surface area contributed by atoms with Gasteiger partial charge >= 0.3 is 0 Å². The van der Waals surface area contributed by atoms with E-state index in [4.69, 9.17) is 14.0 Å². The Hall–Kier alpha value is -1.76. The standard InChI is InChI=1S/C20H29N3O3/c1-24-16-20-21-19(22-26-20)11-14-25-18-10-6-13-23(15-18)12-5-9-17-7-3-2-4-8-17/h2-4,7-8,18H,5-6,9-16H2,1H3. The average Bonchev–Trinajstić information content (AvgIpc) is 3.11. The highest BCUT2D eigenvalue weighted by Crippen LogP contribution is 2.15. The van der Waals surface area contributed by atoms with Crippen molar-refractivity contribution >= 4 is 0 Å². The molecule has 0 amide bonds. The number of nitrogens with zero attached hydrogens (tertiary/aromatic N) is 3. The van der Waals surface area contributed by atoms with Crippen molar-refractivity contribution in [3.63, 3.8) is 0 Å². The Morgan fingerprint density at radius 2 is 2.12 bits per heavy atom. The van der Waals surface area contributed by atoms with Crippen LogP contribution in [-0.4, -0.2) is 54.5 Å². The molecule has 6 heteroatoms. The first kappa shape index (κ1) is 19.0. The molecule has 3 rings (SSSR count). The van der Waals surface area contributed by atoms with Crippen LogP contribution in [0.15, 0.2) is 34.9 Å². The number of benzene rings is 1. The molecule has 2 aromatic rings. The molecule has 0 radical (unpaired) electrons. The zero-order valence-corrected chi connectivity index (χ0v) is 15.6. The van der Waals surface area contributed by atoms with Gasteiger partial charge in [0.2, 0.25) is 0 Å². The van der Waals surface area contributed by atoms with Crippen LogP contribution in [0.4, 0.5) is 0 Å². The Balaban J connectivity index is 1.32. The van der Waals surface area contributed by atoms with Crippen LogP contribution >= 0.6 is 0 Å². The van der Waals surface area contributed by atoms with Crippen LogP contribution in [0.1, 0.15) is 36.5 Å². The van der Waals surface area contributed by atoms with Gasteiger partial charge in [0.15, 0.2) is 5.82 Å². The molecule has 142 valence electrons. The lowest BCUT2D eigenvalue weighted by molar-refractivity contribution is 0.000290. The van der Waals surface area contributed by atoms with Crippen LogP contribution < -0.4 is 0 Å². The van der Waals surface area contributed by atoms with Crippen molar-refractivity contribution in [2.24, 2.45) is 0 Å². The maximum absolute atomic E-state index is 6.06. The first-order valence-electron chi connectivity index (χ1n) is 9.52. The molecule has 1 atom stereocenters. The molecular formula is C20H29N3O3. The zero-order chi connectivity index (χ0) is 18.0. The maximum atomic E-state index is 6.06. The van der Waals surface area contributed by atoms with E-state index in [2.05, 4.69) is 45.4 Å². The smallest absolute Gasteiger partial charge is 0.252 e. The quantitative estimate of drug-likeness (QED) is 0.650. The van der Waals surface area contributed by atoms with E-state index in [0.717, 1.165) is 25.9 Å². The summed E-state index contributed by atoms with van der Waals surface area (Å²) in [6, 6.07) is 10.7. The Labute approximate surface area is 155 Å². The number of methoxy groups -OCH3 is 1. The zero-order valence-electron chi connectivity index (χ0n) is 15.6. The van der Waals surface area contributed by atoms with Crippen LogP contribution in [-0.2, 0) is 28.9 Å². The molecule has 1 aliphatic heterocycles. The molecule has 0 aliphatic carbocycles. The normalized spacial score (nSPS) is 18.3. The van der Waals surface area contributed by atoms with Gasteiger partial charge in [0.25, 0.3) is 5.89 Å². The molecule has 0 N–H and O–H groups in total. The van der Waals surface area contributed by atoms with Gasteiger partial charge in [-0.2, -0.15) is 4.98 Å². The van der Waals surface area contributed by atoms with E-state index in [1.165, 1.54) is 24.9 Å². The summed E-state index contributed by atoms with van der Waals surface area (Å²) in [5.74, 6) is 1.21. The molecule has 0 bridgehead atoms. The number of rotatable bonds is 10. The fraction of sp³-hybridized carbons (Fsp3) is 0.600. The van der Waals surface area contributed by atoms with Crippen molar-refractivity contribution in [1.29, 1.82) is 0 Å². The van der Waals surface area contributed by atoms with Gasteiger partial charge in [-0.15, -0.1) is 0 Å². The largest absolute Gasteiger partial charge is 0.376 e. The molecule has 26 heavy (non-hydrogen) atoms. The number of aromatic nitrogens is 2. The number of hydrogen-bond donors (Lipinski definition) is 0. The van der Waals surface area contributed by atoms with Crippen molar-refractivity contribution in [2.75, 3.05) is 33.4 Å². The second kappa shape index (κ2) is 10.4. The summed E-state index contributed by atoms with van der Waals surface area (Å²) in [4.78, 5) is 6.80. The summed E-state index contributed by atoms with van der Waals surface area (Å²) in [7, 11) is 1.61. The fourth-order valence-electron chi connectivity index (χ4n) is 3.39. The van der Waals surface area contributed by atoms with Gasteiger partial charge in [-0.1, -0.05) is 35.5 Å². The summed E-state index contributed by atoms with van der Waals surface area (Å²) < 4.78 is 16.1. The van der Waals surface area contributed by atoms with E-state index in [9.17, 15) is 0 Å². The van der Waals surface area contributed by atoms with E-state index in [0.29, 0.717) is 37.5 Å². The van der Waals surface area contributed by atoms with Crippen molar-refractivity contribution in [2.45, 2.75) is 44.8 Å². The van der Waals surface area contributed by atoms with E-state index in [-0.39, 0.29) is 0 Å². The van der Waals surface area contributed by atoms with Crippen LogP contribution in [0.2, 0.25) is 0 Å². The highest BCUT2D eigenvalue weighted by atomic mass is 16.5. The second-order valence-electron chi connectivity index (χ2n) is 6.81. The highest BCUT2D eigenvalue weighted by Gasteiger charge is 2.20. The Morgan fingerprint density at radius 3 is 2.96 bits per heavy atom. The fourth-order valence-corrected chi connectivity index (χ4v) is 3.39. The minimum absolute atomic E-state index is 0.311. The molecule has 2 heterocycles. The Bertz CT molecular complexity index is 632. The predicted octanol–water partition coefficient (Wildman–Crippen LogP) is 2.87. The van der Waals surface area contributed by atoms with Crippen molar-refractivity contribution in [1.82, 2.24) is 15.0 Å². The molecule has 1 saturated heterocycles. The molecule has 1 fully saturated rings. The third-order valence-corrected chi connectivity index (χ3v) is 4.70. The Morgan fingerprint density at radius 1 is 1.23 bits per heavy atom. The molecule has 0 saturated carbocycles. The van der Waals surface area contributed by atoms with Crippen LogP contribution in [0.3, 0.4) is 0 Å². The molecule has 1 aliphatic rings. The molecule has 1 unspecified atom stereocenters. The molecule has 1 aromatic heterocycles. The van der Waals surface area contributed by atoms with Gasteiger partial charge in [-0.3, -0.25) is 0 Å². The second-order valence-corrected chi connectivity index (χ2v) is 6.81. The summed E-state index contributed by atoms with van der Waals surface area (Å²) >= 11 is 0. The van der Waals surface area contributed by atoms with E-state index < -0.39 is 0 Å². The van der Waals surface area contributed by atoms with E-state index >= 15 is 0 Å². The van der Waals surface area contributed by atoms with Crippen LogP contribution in [0.25, 0.3) is 0 Å². The summed E-state index contributed by atoms with van der Waals surface area (Å²) in [5, 5.41) is 3.95. The van der Waals surface area contributed by atoms with Gasteiger partial charge in [-0.05, 0) is 44.3 Å². The lowest BCUT2D eigenvalue weighted by Gasteiger charge is -2.32.